The maximum absolute atomic E-state index is 12.0. The normalized spacial score (nSPS) is 18.5. The molecule has 1 aromatic heterocycles. The Morgan fingerprint density at radius 1 is 1.33 bits per heavy atom. The van der Waals surface area contributed by atoms with E-state index >= 15 is 0 Å². The van der Waals surface area contributed by atoms with Gasteiger partial charge in [0.2, 0.25) is 0 Å². The molecular formula is C19H23BrN2O2. The van der Waals surface area contributed by atoms with E-state index in [4.69, 9.17) is 4.42 Å². The summed E-state index contributed by atoms with van der Waals surface area (Å²) in [5.74, 6) is 0.673. The molecule has 5 heteroatoms. The first-order valence-electron chi connectivity index (χ1n) is 8.42. The lowest BCUT2D eigenvalue weighted by molar-refractivity contribution is 0.0950. The van der Waals surface area contributed by atoms with Gasteiger partial charge < -0.3 is 9.73 Å². The van der Waals surface area contributed by atoms with Crippen LogP contribution in [0.25, 0.3) is 0 Å². The number of halogens is 1. The standard InChI is InChI=1S/C19H23BrN2O2/c1-14-3-2-8-22(11-14)12-16-6-4-15(5-7-16)10-21-19(23)17-9-18(20)24-13-17/h4-7,9,13-14H,2-3,8,10-12H2,1H3,(H,21,23)/t14-/m1/s1. The number of hydrogen-bond donors (Lipinski definition) is 1. The van der Waals surface area contributed by atoms with Crippen molar-refractivity contribution < 1.29 is 9.21 Å². The molecule has 0 spiro atoms. The molecule has 1 aliphatic rings. The Morgan fingerprint density at radius 3 is 2.75 bits per heavy atom. The highest BCUT2D eigenvalue weighted by molar-refractivity contribution is 9.10. The number of amides is 1. The number of nitrogens with one attached hydrogen (secondary N) is 1. The topological polar surface area (TPSA) is 45.5 Å². The zero-order chi connectivity index (χ0) is 16.9. The van der Waals surface area contributed by atoms with Gasteiger partial charge in [-0.25, -0.2) is 0 Å². The second-order valence-electron chi connectivity index (χ2n) is 6.62. The van der Waals surface area contributed by atoms with Crippen molar-refractivity contribution in [3.8, 4) is 0 Å². The monoisotopic (exact) mass is 390 g/mol. The van der Waals surface area contributed by atoms with E-state index in [2.05, 4.69) is 57.3 Å². The zero-order valence-corrected chi connectivity index (χ0v) is 15.5. The molecule has 1 atom stereocenters. The van der Waals surface area contributed by atoms with E-state index in [1.807, 2.05) is 0 Å². The van der Waals surface area contributed by atoms with Crippen molar-refractivity contribution >= 4 is 21.8 Å². The van der Waals surface area contributed by atoms with E-state index in [1.54, 1.807) is 6.07 Å². The molecule has 128 valence electrons. The number of likely N-dealkylation sites (tertiary alicyclic amines) is 1. The molecule has 1 N–H and O–H groups in total. The van der Waals surface area contributed by atoms with E-state index in [0.29, 0.717) is 16.8 Å². The number of rotatable bonds is 5. The van der Waals surface area contributed by atoms with E-state index in [-0.39, 0.29) is 5.91 Å². The van der Waals surface area contributed by atoms with Crippen LogP contribution in [0.1, 0.15) is 41.3 Å². The fraction of sp³-hybridized carbons (Fsp3) is 0.421. The Labute approximate surface area is 151 Å². The summed E-state index contributed by atoms with van der Waals surface area (Å²) in [6.07, 6.45) is 4.10. The molecule has 1 aliphatic heterocycles. The Balaban J connectivity index is 1.50. The Bertz CT molecular complexity index is 681. The quantitative estimate of drug-likeness (QED) is 0.831. The van der Waals surface area contributed by atoms with Gasteiger partial charge in [-0.3, -0.25) is 9.69 Å². The third-order valence-corrected chi connectivity index (χ3v) is 4.87. The van der Waals surface area contributed by atoms with E-state index in [0.717, 1.165) is 18.0 Å². The third-order valence-electron chi connectivity index (χ3n) is 4.45. The smallest absolute Gasteiger partial charge is 0.254 e. The van der Waals surface area contributed by atoms with E-state index in [9.17, 15) is 4.79 Å². The SMILES string of the molecule is C[C@@H]1CCCN(Cc2ccc(CNC(=O)c3coc(Br)c3)cc2)C1. The second kappa shape index (κ2) is 7.99. The first-order valence-corrected chi connectivity index (χ1v) is 9.22. The predicted molar refractivity (Wildman–Crippen MR) is 97.7 cm³/mol. The number of carbonyl (C=O) groups is 1. The van der Waals surface area contributed by atoms with Crippen LogP contribution < -0.4 is 5.32 Å². The van der Waals surface area contributed by atoms with Gasteiger partial charge in [0.25, 0.3) is 5.91 Å². The van der Waals surface area contributed by atoms with Gasteiger partial charge in [0.15, 0.2) is 4.67 Å². The molecule has 1 amide bonds. The average Bonchev–Trinajstić information content (AvgIpc) is 3.01. The van der Waals surface area contributed by atoms with Crippen molar-refractivity contribution in [3.05, 3.63) is 58.0 Å². The van der Waals surface area contributed by atoms with Crippen LogP contribution in [0.15, 0.2) is 45.7 Å². The van der Waals surface area contributed by atoms with Crippen molar-refractivity contribution in [2.75, 3.05) is 13.1 Å². The summed E-state index contributed by atoms with van der Waals surface area (Å²) in [5.41, 5.74) is 2.96. The minimum Gasteiger partial charge on any atom is -0.457 e. The van der Waals surface area contributed by atoms with Crippen molar-refractivity contribution in [2.24, 2.45) is 5.92 Å². The summed E-state index contributed by atoms with van der Waals surface area (Å²) < 4.78 is 5.64. The molecule has 2 aromatic rings. The number of hydrogen-bond acceptors (Lipinski definition) is 3. The molecule has 3 rings (SSSR count). The Hall–Kier alpha value is -1.59. The van der Waals surface area contributed by atoms with Crippen molar-refractivity contribution in [1.82, 2.24) is 10.2 Å². The minimum absolute atomic E-state index is 0.129. The van der Waals surface area contributed by atoms with Gasteiger partial charge in [-0.2, -0.15) is 0 Å². The molecule has 2 heterocycles. The number of piperidine rings is 1. The fourth-order valence-electron chi connectivity index (χ4n) is 3.16. The van der Waals surface area contributed by atoms with Crippen LogP contribution in [-0.2, 0) is 13.1 Å². The summed E-state index contributed by atoms with van der Waals surface area (Å²) in [6, 6.07) is 10.2. The van der Waals surface area contributed by atoms with Crippen molar-refractivity contribution in [1.29, 1.82) is 0 Å². The summed E-state index contributed by atoms with van der Waals surface area (Å²) >= 11 is 3.20. The van der Waals surface area contributed by atoms with Gasteiger partial charge >= 0.3 is 0 Å². The molecule has 1 saturated heterocycles. The predicted octanol–water partition coefficient (Wildman–Crippen LogP) is 4.20. The number of furan rings is 1. The summed E-state index contributed by atoms with van der Waals surface area (Å²) in [4.78, 5) is 14.5. The average molecular weight is 391 g/mol. The maximum Gasteiger partial charge on any atom is 0.254 e. The Kier molecular flexibility index (Phi) is 5.74. The first-order chi connectivity index (χ1) is 11.6. The highest BCUT2D eigenvalue weighted by atomic mass is 79.9. The zero-order valence-electron chi connectivity index (χ0n) is 13.9. The number of benzene rings is 1. The molecule has 0 unspecified atom stereocenters. The molecule has 0 aliphatic carbocycles. The van der Waals surface area contributed by atoms with Crippen molar-refractivity contribution in [3.63, 3.8) is 0 Å². The summed E-state index contributed by atoms with van der Waals surface area (Å²) in [5, 5.41) is 2.91. The first kappa shape index (κ1) is 17.2. The largest absolute Gasteiger partial charge is 0.457 e. The highest BCUT2D eigenvalue weighted by Gasteiger charge is 2.16. The number of nitrogens with zero attached hydrogens (tertiary/aromatic N) is 1. The van der Waals surface area contributed by atoms with Crippen LogP contribution >= 0.6 is 15.9 Å². The lowest BCUT2D eigenvalue weighted by Gasteiger charge is -2.30. The lowest BCUT2D eigenvalue weighted by Crippen LogP contribution is -2.33. The molecule has 4 nitrogen and oxygen atoms in total. The molecule has 0 saturated carbocycles. The van der Waals surface area contributed by atoms with Gasteiger partial charge in [0.05, 0.1) is 5.56 Å². The number of carbonyl (C=O) groups excluding carboxylic acids is 1. The molecule has 1 aromatic carbocycles. The van der Waals surface area contributed by atoms with Gasteiger partial charge in [0.1, 0.15) is 6.26 Å². The molecule has 24 heavy (non-hydrogen) atoms. The third kappa shape index (κ3) is 4.71. The van der Waals surface area contributed by atoms with Crippen LogP contribution in [0, 0.1) is 5.92 Å². The lowest BCUT2D eigenvalue weighted by atomic mass is 9.99. The van der Waals surface area contributed by atoms with Crippen LogP contribution in [0.4, 0.5) is 0 Å². The van der Waals surface area contributed by atoms with E-state index < -0.39 is 0 Å². The van der Waals surface area contributed by atoms with Crippen LogP contribution in [0.5, 0.6) is 0 Å². The van der Waals surface area contributed by atoms with Crippen LogP contribution in [-0.4, -0.2) is 23.9 Å². The van der Waals surface area contributed by atoms with Gasteiger partial charge in [-0.1, -0.05) is 31.2 Å². The molecule has 1 fully saturated rings. The maximum atomic E-state index is 12.0. The molecule has 0 bridgehead atoms. The van der Waals surface area contributed by atoms with Gasteiger partial charge in [0, 0.05) is 25.7 Å². The molecular weight excluding hydrogens is 368 g/mol. The fourth-order valence-corrected chi connectivity index (χ4v) is 3.50. The van der Waals surface area contributed by atoms with Crippen LogP contribution in [0.2, 0.25) is 0 Å². The summed E-state index contributed by atoms with van der Waals surface area (Å²) in [6.45, 7) is 6.25. The van der Waals surface area contributed by atoms with Crippen LogP contribution in [0.3, 0.4) is 0 Å². The second-order valence-corrected chi connectivity index (χ2v) is 7.40. The van der Waals surface area contributed by atoms with Crippen molar-refractivity contribution in [2.45, 2.75) is 32.9 Å². The minimum atomic E-state index is -0.129. The highest BCUT2D eigenvalue weighted by Crippen LogP contribution is 2.18. The van der Waals surface area contributed by atoms with E-state index in [1.165, 1.54) is 37.8 Å². The van der Waals surface area contributed by atoms with Gasteiger partial charge in [-0.15, -0.1) is 0 Å². The molecule has 0 radical (unpaired) electrons. The summed E-state index contributed by atoms with van der Waals surface area (Å²) in [7, 11) is 0. The van der Waals surface area contributed by atoms with Gasteiger partial charge in [-0.05, 0) is 52.4 Å². The Morgan fingerprint density at radius 2 is 2.08 bits per heavy atom.